The van der Waals surface area contributed by atoms with E-state index in [1.54, 1.807) is 6.07 Å². The number of nitrogens with zero attached hydrogens (tertiary/aromatic N) is 1. The number of hydrogen-bond donors (Lipinski definition) is 1. The molecule has 88 valence electrons. The maximum atomic E-state index is 12.0. The van der Waals surface area contributed by atoms with Gasteiger partial charge in [0.25, 0.3) is 5.91 Å². The predicted octanol–water partition coefficient (Wildman–Crippen LogP) is 3.74. The standard InChI is InChI=1S/C11H8ClIN2OS/c12-5-7-6-17-11(14-7)15-10(16)8-3-1-2-4-9(8)13/h1-4,6H,5H2,(H,14,15,16). The minimum Gasteiger partial charge on any atom is -0.298 e. The predicted molar refractivity (Wildman–Crippen MR) is 78.8 cm³/mol. The molecule has 1 aromatic heterocycles. The minimum absolute atomic E-state index is 0.148. The Morgan fingerprint density at radius 1 is 1.47 bits per heavy atom. The maximum Gasteiger partial charge on any atom is 0.258 e. The van der Waals surface area contributed by atoms with Gasteiger partial charge in [0.05, 0.1) is 17.1 Å². The highest BCUT2D eigenvalue weighted by Gasteiger charge is 2.11. The molecule has 0 radical (unpaired) electrons. The molecule has 0 aliphatic carbocycles. The number of amides is 1. The van der Waals surface area contributed by atoms with E-state index in [9.17, 15) is 4.79 Å². The van der Waals surface area contributed by atoms with Crippen molar-refractivity contribution in [2.75, 3.05) is 5.32 Å². The summed E-state index contributed by atoms with van der Waals surface area (Å²) in [5, 5.41) is 5.17. The smallest absolute Gasteiger partial charge is 0.258 e. The Bertz CT molecular complexity index is 544. The lowest BCUT2D eigenvalue weighted by molar-refractivity contribution is 0.102. The van der Waals surface area contributed by atoms with Gasteiger partial charge in [-0.25, -0.2) is 4.98 Å². The van der Waals surface area contributed by atoms with Crippen molar-refractivity contribution in [2.24, 2.45) is 0 Å². The Balaban J connectivity index is 2.14. The lowest BCUT2D eigenvalue weighted by Crippen LogP contribution is -2.13. The van der Waals surface area contributed by atoms with Crippen LogP contribution in [0.3, 0.4) is 0 Å². The number of halogens is 2. The molecular weight excluding hydrogens is 371 g/mol. The van der Waals surface area contributed by atoms with Crippen LogP contribution in [0.1, 0.15) is 16.1 Å². The van der Waals surface area contributed by atoms with E-state index in [0.29, 0.717) is 16.6 Å². The quantitative estimate of drug-likeness (QED) is 0.653. The summed E-state index contributed by atoms with van der Waals surface area (Å²) in [7, 11) is 0. The summed E-state index contributed by atoms with van der Waals surface area (Å²) >= 11 is 9.15. The average molecular weight is 379 g/mol. The Morgan fingerprint density at radius 3 is 2.88 bits per heavy atom. The molecule has 0 spiro atoms. The molecule has 17 heavy (non-hydrogen) atoms. The van der Waals surface area contributed by atoms with Crippen molar-refractivity contribution in [3.05, 3.63) is 44.5 Å². The van der Waals surface area contributed by atoms with E-state index < -0.39 is 0 Å². The van der Waals surface area contributed by atoms with Gasteiger partial charge < -0.3 is 0 Å². The molecule has 0 saturated carbocycles. The van der Waals surface area contributed by atoms with Crippen LogP contribution in [0.2, 0.25) is 0 Å². The highest BCUT2D eigenvalue weighted by molar-refractivity contribution is 14.1. The fourth-order valence-corrected chi connectivity index (χ4v) is 2.80. The van der Waals surface area contributed by atoms with Crippen LogP contribution in [0, 0.1) is 3.57 Å². The summed E-state index contributed by atoms with van der Waals surface area (Å²) in [4.78, 5) is 16.1. The lowest BCUT2D eigenvalue weighted by Gasteiger charge is -2.03. The van der Waals surface area contributed by atoms with Crippen LogP contribution in [-0.4, -0.2) is 10.9 Å². The van der Waals surface area contributed by atoms with E-state index in [2.05, 4.69) is 32.9 Å². The van der Waals surface area contributed by atoms with Gasteiger partial charge in [0, 0.05) is 8.95 Å². The Labute approximate surface area is 121 Å². The first kappa shape index (κ1) is 12.8. The second-order valence-electron chi connectivity index (χ2n) is 3.21. The summed E-state index contributed by atoms with van der Waals surface area (Å²) in [5.41, 5.74) is 1.42. The van der Waals surface area contributed by atoms with Crippen LogP contribution >= 0.6 is 45.5 Å². The monoisotopic (exact) mass is 378 g/mol. The number of alkyl halides is 1. The van der Waals surface area contributed by atoms with Crippen molar-refractivity contribution < 1.29 is 4.79 Å². The van der Waals surface area contributed by atoms with Gasteiger partial charge in [-0.1, -0.05) is 12.1 Å². The van der Waals surface area contributed by atoms with E-state index in [0.717, 1.165) is 9.26 Å². The second-order valence-corrected chi connectivity index (χ2v) is 5.50. The van der Waals surface area contributed by atoms with Crippen LogP contribution in [0.5, 0.6) is 0 Å². The number of benzene rings is 1. The van der Waals surface area contributed by atoms with Crippen molar-refractivity contribution in [1.29, 1.82) is 0 Å². The summed E-state index contributed by atoms with van der Waals surface area (Å²) < 4.78 is 0.914. The van der Waals surface area contributed by atoms with Gasteiger partial charge in [-0.3, -0.25) is 10.1 Å². The van der Waals surface area contributed by atoms with Crippen molar-refractivity contribution in [1.82, 2.24) is 4.98 Å². The molecular formula is C11H8ClIN2OS. The van der Waals surface area contributed by atoms with Crippen LogP contribution in [0.15, 0.2) is 29.6 Å². The molecule has 3 nitrogen and oxygen atoms in total. The van der Waals surface area contributed by atoms with Crippen molar-refractivity contribution in [2.45, 2.75) is 5.88 Å². The largest absolute Gasteiger partial charge is 0.298 e. The van der Waals surface area contributed by atoms with Gasteiger partial charge in [0.2, 0.25) is 0 Å². The number of anilines is 1. The second kappa shape index (κ2) is 5.79. The van der Waals surface area contributed by atoms with Crippen LogP contribution in [-0.2, 0) is 5.88 Å². The molecule has 2 aromatic rings. The third kappa shape index (κ3) is 3.17. The van der Waals surface area contributed by atoms with E-state index in [4.69, 9.17) is 11.6 Å². The fourth-order valence-electron chi connectivity index (χ4n) is 1.24. The average Bonchev–Trinajstić information content (AvgIpc) is 2.77. The maximum absolute atomic E-state index is 12.0. The topological polar surface area (TPSA) is 42.0 Å². The first-order valence-corrected chi connectivity index (χ1v) is 7.26. The third-order valence-electron chi connectivity index (χ3n) is 2.03. The summed E-state index contributed by atoms with van der Waals surface area (Å²) in [6, 6.07) is 7.41. The van der Waals surface area contributed by atoms with Gasteiger partial charge in [0.15, 0.2) is 5.13 Å². The highest BCUT2D eigenvalue weighted by atomic mass is 127. The molecule has 1 N–H and O–H groups in total. The van der Waals surface area contributed by atoms with E-state index in [1.165, 1.54) is 11.3 Å². The third-order valence-corrected chi connectivity index (χ3v) is 4.05. The Kier molecular flexibility index (Phi) is 4.36. The van der Waals surface area contributed by atoms with Crippen LogP contribution < -0.4 is 5.32 Å². The zero-order valence-corrected chi connectivity index (χ0v) is 12.3. The molecule has 1 aromatic carbocycles. The molecule has 2 rings (SSSR count). The fraction of sp³-hybridized carbons (Fsp3) is 0.0909. The summed E-state index contributed by atoms with van der Waals surface area (Å²) in [5.74, 6) is 0.209. The number of hydrogen-bond acceptors (Lipinski definition) is 3. The van der Waals surface area contributed by atoms with Gasteiger partial charge in [-0.15, -0.1) is 22.9 Å². The minimum atomic E-state index is -0.148. The zero-order valence-electron chi connectivity index (χ0n) is 8.61. The lowest BCUT2D eigenvalue weighted by atomic mass is 10.2. The molecule has 0 fully saturated rings. The van der Waals surface area contributed by atoms with Crippen LogP contribution in [0.4, 0.5) is 5.13 Å². The molecule has 1 heterocycles. The normalized spacial score (nSPS) is 10.2. The molecule has 6 heteroatoms. The SMILES string of the molecule is O=C(Nc1nc(CCl)cs1)c1ccccc1I. The van der Waals surface area contributed by atoms with E-state index >= 15 is 0 Å². The van der Waals surface area contributed by atoms with Crippen molar-refractivity contribution >= 4 is 56.6 Å². The number of rotatable bonds is 3. The van der Waals surface area contributed by atoms with E-state index in [-0.39, 0.29) is 5.91 Å². The molecule has 0 aliphatic rings. The molecule has 0 saturated heterocycles. The first-order valence-electron chi connectivity index (χ1n) is 4.77. The number of carbonyl (C=O) groups excluding carboxylic acids is 1. The Hall–Kier alpha value is -0.660. The molecule has 0 aliphatic heterocycles. The van der Waals surface area contributed by atoms with Gasteiger partial charge in [-0.05, 0) is 34.7 Å². The van der Waals surface area contributed by atoms with Crippen molar-refractivity contribution in [3.63, 3.8) is 0 Å². The Morgan fingerprint density at radius 2 is 2.24 bits per heavy atom. The van der Waals surface area contributed by atoms with Crippen LogP contribution in [0.25, 0.3) is 0 Å². The number of aromatic nitrogens is 1. The zero-order chi connectivity index (χ0) is 12.3. The first-order chi connectivity index (χ1) is 8.20. The summed E-state index contributed by atoms with van der Waals surface area (Å²) in [6.45, 7) is 0. The molecule has 0 unspecified atom stereocenters. The van der Waals surface area contributed by atoms with E-state index in [1.807, 2.05) is 23.6 Å². The molecule has 1 amide bonds. The van der Waals surface area contributed by atoms with Gasteiger partial charge >= 0.3 is 0 Å². The number of nitrogens with one attached hydrogen (secondary N) is 1. The highest BCUT2D eigenvalue weighted by Crippen LogP contribution is 2.19. The molecule has 0 atom stereocenters. The van der Waals surface area contributed by atoms with Gasteiger partial charge in [0.1, 0.15) is 0 Å². The summed E-state index contributed by atoms with van der Waals surface area (Å²) in [6.07, 6.45) is 0. The van der Waals surface area contributed by atoms with Crippen molar-refractivity contribution in [3.8, 4) is 0 Å². The number of carbonyl (C=O) groups is 1. The number of thiazole rings is 1. The molecule has 0 bridgehead atoms. The van der Waals surface area contributed by atoms with Gasteiger partial charge in [-0.2, -0.15) is 0 Å².